The Hall–Kier alpha value is -8.00. The third-order valence-corrected chi connectivity index (χ3v) is 16.4. The van der Waals surface area contributed by atoms with Gasteiger partial charge < -0.3 is 75.8 Å². The monoisotopic (exact) mass is 1110 g/mol. The molecule has 4 amide bonds. The molecule has 2 aliphatic carbocycles. The van der Waals surface area contributed by atoms with Crippen LogP contribution in [-0.4, -0.2) is 180 Å². The van der Waals surface area contributed by atoms with E-state index in [4.69, 9.17) is 29.9 Å². The molecule has 2 aliphatic heterocycles. The molecule has 10 N–H and O–H groups in total. The number of urea groups is 1. The molecule has 25 heteroatoms. The second-order valence-electron chi connectivity index (χ2n) is 21.6. The fraction of sp³-hybridized carbons (Fsp3) is 0.500. The van der Waals surface area contributed by atoms with Crippen LogP contribution in [0.5, 0.6) is 0 Å². The van der Waals surface area contributed by atoms with E-state index in [-0.39, 0.29) is 61.5 Å². The predicted octanol–water partition coefficient (Wildman–Crippen LogP) is 2.68. The minimum absolute atomic E-state index is 0.0406. The molecule has 4 aliphatic rings. The van der Waals surface area contributed by atoms with Gasteiger partial charge in [-0.2, -0.15) is 19.9 Å². The van der Waals surface area contributed by atoms with Crippen LogP contribution in [0.1, 0.15) is 94.1 Å². The molecule has 428 valence electrons. The van der Waals surface area contributed by atoms with Crippen molar-refractivity contribution in [1.82, 2.24) is 69.4 Å². The summed E-state index contributed by atoms with van der Waals surface area (Å²) in [5.41, 5.74) is 4.98. The van der Waals surface area contributed by atoms with Crippen molar-refractivity contribution in [3.63, 3.8) is 0 Å². The number of aliphatic hydroxyl groups is 4. The van der Waals surface area contributed by atoms with Crippen molar-refractivity contribution in [3.8, 4) is 0 Å². The lowest BCUT2D eigenvalue weighted by Gasteiger charge is -2.23. The molecule has 5 aromatic heterocycles. The molecule has 81 heavy (non-hydrogen) atoms. The Morgan fingerprint density at radius 2 is 1.25 bits per heavy atom. The molecule has 7 heterocycles. The topological polar surface area (TPSA) is 316 Å². The number of rotatable bonds is 20. The highest BCUT2D eigenvalue weighted by molar-refractivity contribution is 5.86. The highest BCUT2D eigenvalue weighted by atomic mass is 16.3. The van der Waals surface area contributed by atoms with Gasteiger partial charge in [0.2, 0.25) is 23.7 Å². The van der Waals surface area contributed by atoms with E-state index >= 15 is 0 Å². The Balaban J connectivity index is 0.795. The predicted molar refractivity (Wildman–Crippen MR) is 302 cm³/mol. The van der Waals surface area contributed by atoms with Gasteiger partial charge in [-0.3, -0.25) is 9.59 Å². The summed E-state index contributed by atoms with van der Waals surface area (Å²) in [6, 6.07) is 17.2. The number of nitrogens with zero attached hydrogens (tertiary/aromatic N) is 12. The molecule has 2 saturated carbocycles. The maximum atomic E-state index is 14.1. The van der Waals surface area contributed by atoms with E-state index < -0.39 is 48.6 Å². The van der Waals surface area contributed by atoms with Crippen molar-refractivity contribution in [3.05, 3.63) is 103 Å². The van der Waals surface area contributed by atoms with Gasteiger partial charge in [0.15, 0.2) is 34.0 Å². The molecule has 2 saturated heterocycles. The van der Waals surface area contributed by atoms with Crippen molar-refractivity contribution >= 4 is 63.7 Å². The summed E-state index contributed by atoms with van der Waals surface area (Å²) in [6.45, 7) is 9.10. The van der Waals surface area contributed by atoms with E-state index in [9.17, 15) is 34.8 Å². The number of aromatic nitrogens is 10. The number of amides is 4. The van der Waals surface area contributed by atoms with Crippen LogP contribution in [0.4, 0.5) is 28.3 Å². The number of aryl methyl sites for hydroxylation is 1. The van der Waals surface area contributed by atoms with E-state index in [1.54, 1.807) is 46.9 Å². The summed E-state index contributed by atoms with van der Waals surface area (Å²) in [4.78, 5) is 76.6. The van der Waals surface area contributed by atoms with E-state index in [2.05, 4.69) is 68.1 Å². The van der Waals surface area contributed by atoms with Crippen LogP contribution in [0.3, 0.4) is 0 Å². The van der Waals surface area contributed by atoms with Gasteiger partial charge >= 0.3 is 6.03 Å². The van der Waals surface area contributed by atoms with Crippen molar-refractivity contribution in [2.45, 2.75) is 139 Å². The molecule has 4 fully saturated rings. The van der Waals surface area contributed by atoms with Gasteiger partial charge in [0.1, 0.15) is 24.4 Å². The number of imidazole rings is 3. The number of benzene rings is 2. The maximum absolute atomic E-state index is 14.1. The number of anilines is 4. The Morgan fingerprint density at radius 1 is 0.642 bits per heavy atom. The lowest BCUT2D eigenvalue weighted by molar-refractivity contribution is -0.123. The standard InChI is InChI=1S/C56H72N18O7/c1-4-42(75)64-38-23-40(48(79)46(38)77)73-31-61-45-51(66-54(68-52(45)73)57-20-17-34-26-70(6-3)29-59-34)62-35-19-22-72(28-35)56(81)63-36-18-21-71(27-36)55-67-50(58-25-37(32-13-9-7-10-14-32)33-15-11-8-12-16-33)44-53(69-55)74(30-60-44)41-24-39(47(78)49(41)80)65-43(76)5-2/h7-16,26,29-31,35-41,46-49,77-80H,4-6,17-25,27-28H2,1-3H3,(H,63,81)(H,64,75)(H,65,76)(H,58,67,69)(H2,57,62,66,68)/t35-,36+,38-,39-,40+,41+,46+,47+,48-,49-/m0/s1. The zero-order chi connectivity index (χ0) is 56.3. The average Bonchev–Trinajstić information content (AvgIpc) is 4.47. The van der Waals surface area contributed by atoms with Gasteiger partial charge in [-0.25, -0.2) is 19.7 Å². The van der Waals surface area contributed by atoms with Crippen LogP contribution in [0.15, 0.2) is 85.8 Å². The quantitative estimate of drug-likeness (QED) is 0.0525. The zero-order valence-corrected chi connectivity index (χ0v) is 45.7. The number of carbonyl (C=O) groups is 3. The number of hydrogen-bond donors (Lipinski definition) is 10. The normalized spacial score (nSPS) is 24.6. The molecular formula is C56H72N18O7. The average molecular weight is 1110 g/mol. The van der Waals surface area contributed by atoms with Crippen molar-refractivity contribution < 1.29 is 34.8 Å². The first-order chi connectivity index (χ1) is 39.4. The fourth-order valence-corrected chi connectivity index (χ4v) is 11.8. The van der Waals surface area contributed by atoms with Crippen LogP contribution in [-0.2, 0) is 22.6 Å². The molecule has 2 aromatic carbocycles. The van der Waals surface area contributed by atoms with E-state index in [0.29, 0.717) is 104 Å². The van der Waals surface area contributed by atoms with Crippen molar-refractivity contribution in [2.24, 2.45) is 0 Å². The summed E-state index contributed by atoms with van der Waals surface area (Å²) < 4.78 is 5.51. The number of likely N-dealkylation sites (tertiary alicyclic amines) is 1. The first-order valence-electron chi connectivity index (χ1n) is 28.3. The fourth-order valence-electron chi connectivity index (χ4n) is 11.8. The van der Waals surface area contributed by atoms with Crippen LogP contribution in [0.2, 0.25) is 0 Å². The molecule has 0 spiro atoms. The van der Waals surface area contributed by atoms with Crippen molar-refractivity contribution in [2.75, 3.05) is 60.1 Å². The Labute approximate surface area is 468 Å². The van der Waals surface area contributed by atoms with E-state index in [1.807, 2.05) is 52.1 Å². The van der Waals surface area contributed by atoms with Crippen LogP contribution >= 0.6 is 0 Å². The molecule has 7 aromatic rings. The van der Waals surface area contributed by atoms with Crippen LogP contribution < -0.4 is 36.8 Å². The Bertz CT molecular complexity index is 3280. The third kappa shape index (κ3) is 11.7. The lowest BCUT2D eigenvalue weighted by Crippen LogP contribution is -2.45. The van der Waals surface area contributed by atoms with Gasteiger partial charge in [-0.05, 0) is 43.7 Å². The highest BCUT2D eigenvalue weighted by Crippen LogP contribution is 2.37. The van der Waals surface area contributed by atoms with Crippen molar-refractivity contribution in [1.29, 1.82) is 0 Å². The van der Waals surface area contributed by atoms with Gasteiger partial charge in [-0.15, -0.1) is 0 Å². The molecule has 0 bridgehead atoms. The first kappa shape index (κ1) is 54.9. The van der Waals surface area contributed by atoms with E-state index in [0.717, 1.165) is 23.4 Å². The third-order valence-electron chi connectivity index (χ3n) is 16.4. The lowest BCUT2D eigenvalue weighted by atomic mass is 9.91. The van der Waals surface area contributed by atoms with E-state index in [1.165, 1.54) is 0 Å². The summed E-state index contributed by atoms with van der Waals surface area (Å²) in [5.74, 6) is 1.19. The number of hydrogen-bond acceptors (Lipinski definition) is 18. The smallest absolute Gasteiger partial charge is 0.317 e. The zero-order valence-electron chi connectivity index (χ0n) is 45.7. The first-order valence-corrected chi connectivity index (χ1v) is 28.3. The minimum Gasteiger partial charge on any atom is -0.388 e. The molecule has 0 radical (unpaired) electrons. The number of aliphatic hydroxyl groups excluding tert-OH is 4. The summed E-state index contributed by atoms with van der Waals surface area (Å²) in [7, 11) is 0. The largest absolute Gasteiger partial charge is 0.388 e. The number of nitrogens with one attached hydrogen (secondary N) is 6. The Morgan fingerprint density at radius 3 is 1.85 bits per heavy atom. The minimum atomic E-state index is -1.21. The SMILES string of the molecule is CCC(=O)N[C@H]1C[C@@H](n2cnc3c(NCC(c4ccccc4)c4ccccc4)nc(N4CC[C@@H](NC(=O)N5CC[C@H](Nc6nc(NCCc7cn(CC)cn7)nc7c6ncn7[C@@H]6C[C@H](NC(=O)CC)[C@@H](O)[C@H]6O)C5)C4)nc32)[C@H](O)[C@@H]1O. The summed E-state index contributed by atoms with van der Waals surface area (Å²) in [5, 5.41) is 64.3. The molecule has 0 unspecified atom stereocenters. The summed E-state index contributed by atoms with van der Waals surface area (Å²) >= 11 is 0. The summed E-state index contributed by atoms with van der Waals surface area (Å²) in [6.07, 6.45) is 5.06. The van der Waals surface area contributed by atoms with Crippen LogP contribution in [0, 0.1) is 0 Å². The number of fused-ring (bicyclic) bond motifs is 2. The highest BCUT2D eigenvalue weighted by Gasteiger charge is 2.45. The molecule has 25 nitrogen and oxygen atoms in total. The van der Waals surface area contributed by atoms with Gasteiger partial charge in [0.05, 0.1) is 48.8 Å². The van der Waals surface area contributed by atoms with Gasteiger partial charge in [0.25, 0.3) is 0 Å². The van der Waals surface area contributed by atoms with Gasteiger partial charge in [0, 0.05) is 89.3 Å². The molecule has 11 rings (SSSR count). The van der Waals surface area contributed by atoms with Gasteiger partial charge in [-0.1, -0.05) is 74.5 Å². The Kier molecular flexibility index (Phi) is 16.3. The molecular weight excluding hydrogens is 1040 g/mol. The molecule has 10 atom stereocenters. The second kappa shape index (κ2) is 24.0. The van der Waals surface area contributed by atoms with Crippen LogP contribution in [0.25, 0.3) is 22.3 Å². The maximum Gasteiger partial charge on any atom is 0.317 e. The number of carbonyl (C=O) groups excluding carboxylic acids is 3. The second-order valence-corrected chi connectivity index (χ2v) is 21.6.